The van der Waals surface area contributed by atoms with Crippen molar-refractivity contribution in [3.05, 3.63) is 54.0 Å². The predicted molar refractivity (Wildman–Crippen MR) is 116 cm³/mol. The van der Waals surface area contributed by atoms with Crippen LogP contribution in [0.5, 0.6) is 11.5 Å². The number of benzene rings is 2. The van der Waals surface area contributed by atoms with Gasteiger partial charge in [-0.15, -0.1) is 0 Å². The highest BCUT2D eigenvalue weighted by atomic mass is 16.5. The van der Waals surface area contributed by atoms with Crippen LogP contribution >= 0.6 is 0 Å². The van der Waals surface area contributed by atoms with E-state index in [0.29, 0.717) is 28.6 Å². The monoisotopic (exact) mass is 408 g/mol. The Labute approximate surface area is 173 Å². The summed E-state index contributed by atoms with van der Waals surface area (Å²) in [7, 11) is 3.10. The molecule has 2 heterocycles. The highest BCUT2D eigenvalue weighted by molar-refractivity contribution is 6.31. The normalized spacial score (nSPS) is 19.1. The lowest BCUT2D eigenvalue weighted by molar-refractivity contribution is 0.230. The number of nitrogens with one attached hydrogen (secondary N) is 2. The maximum absolute atomic E-state index is 11.2. The minimum absolute atomic E-state index is 0.0256. The van der Waals surface area contributed by atoms with Gasteiger partial charge in [-0.3, -0.25) is 5.41 Å². The van der Waals surface area contributed by atoms with Crippen molar-refractivity contribution in [2.75, 3.05) is 25.7 Å². The number of para-hydroxylation sites is 2. The van der Waals surface area contributed by atoms with Crippen molar-refractivity contribution < 1.29 is 19.7 Å². The number of fused-ring (bicyclic) bond motifs is 1. The van der Waals surface area contributed by atoms with E-state index in [9.17, 15) is 10.2 Å². The van der Waals surface area contributed by atoms with Crippen LogP contribution in [-0.4, -0.2) is 52.4 Å². The zero-order valence-corrected chi connectivity index (χ0v) is 17.1. The van der Waals surface area contributed by atoms with E-state index in [-0.39, 0.29) is 24.6 Å². The fourth-order valence-electron chi connectivity index (χ4n) is 3.92. The maximum Gasteiger partial charge on any atom is 0.145 e. The number of H-pyrrole nitrogens is 1. The Kier molecular flexibility index (Phi) is 4.87. The maximum atomic E-state index is 11.2. The van der Waals surface area contributed by atoms with Crippen LogP contribution in [0.25, 0.3) is 16.6 Å². The standard InChI is InChI=1S/C22H24N4O4/c1-22(8-9-27)19(28)18(21-24-16-6-4-5-7-17(16)25-21)20(23)26(22)13-10-14(29-2)12-15(11-13)30-3/h4-7,10-12,23,27-28H,8-9H2,1-3H3,(H,24,25). The molecule has 1 aliphatic rings. The first-order valence-electron chi connectivity index (χ1n) is 9.55. The number of aromatic amines is 1. The van der Waals surface area contributed by atoms with Crippen molar-refractivity contribution >= 4 is 28.1 Å². The summed E-state index contributed by atoms with van der Waals surface area (Å²) in [5, 5.41) is 29.9. The summed E-state index contributed by atoms with van der Waals surface area (Å²) < 4.78 is 10.8. The molecule has 0 aliphatic carbocycles. The zero-order chi connectivity index (χ0) is 21.5. The van der Waals surface area contributed by atoms with E-state index in [1.807, 2.05) is 24.3 Å². The molecule has 0 fully saturated rings. The van der Waals surface area contributed by atoms with E-state index < -0.39 is 5.54 Å². The molecule has 1 aliphatic heterocycles. The number of hydrogen-bond acceptors (Lipinski definition) is 6. The first kappa shape index (κ1) is 19.8. The summed E-state index contributed by atoms with van der Waals surface area (Å²) in [6.45, 7) is 1.62. The first-order chi connectivity index (χ1) is 14.4. The van der Waals surface area contributed by atoms with Crippen LogP contribution in [-0.2, 0) is 0 Å². The molecule has 4 rings (SSSR count). The van der Waals surface area contributed by atoms with Crippen molar-refractivity contribution in [1.29, 1.82) is 5.41 Å². The Bertz CT molecular complexity index is 1100. The molecule has 0 saturated carbocycles. The lowest BCUT2D eigenvalue weighted by Gasteiger charge is -2.36. The second kappa shape index (κ2) is 7.38. The molecular formula is C22H24N4O4. The molecule has 1 atom stereocenters. The van der Waals surface area contributed by atoms with Gasteiger partial charge >= 0.3 is 0 Å². The van der Waals surface area contributed by atoms with Gasteiger partial charge in [0.25, 0.3) is 0 Å². The summed E-state index contributed by atoms with van der Waals surface area (Å²) in [6, 6.07) is 12.8. The number of aliphatic hydroxyl groups excluding tert-OH is 2. The van der Waals surface area contributed by atoms with Gasteiger partial charge in [-0.2, -0.15) is 0 Å². The summed E-state index contributed by atoms with van der Waals surface area (Å²) in [4.78, 5) is 9.42. The quantitative estimate of drug-likeness (QED) is 0.496. The SMILES string of the molecule is COc1cc(OC)cc(N2C(=N)C(c3nc4ccccc4[nH]3)=C(O)C2(C)CCO)c1. The third kappa shape index (κ3) is 2.96. The Morgan fingerprint density at radius 1 is 1.13 bits per heavy atom. The van der Waals surface area contributed by atoms with Crippen molar-refractivity contribution in [2.45, 2.75) is 18.9 Å². The third-order valence-electron chi connectivity index (χ3n) is 5.52. The molecule has 0 saturated heterocycles. The van der Waals surface area contributed by atoms with Crippen LogP contribution in [0.2, 0.25) is 0 Å². The number of imidazole rings is 1. The molecule has 3 aromatic rings. The van der Waals surface area contributed by atoms with Crippen molar-refractivity contribution in [3.63, 3.8) is 0 Å². The zero-order valence-electron chi connectivity index (χ0n) is 17.1. The molecule has 0 amide bonds. The molecule has 0 spiro atoms. The second-order valence-corrected chi connectivity index (χ2v) is 7.33. The summed E-state index contributed by atoms with van der Waals surface area (Å²) in [5.74, 6) is 1.56. The van der Waals surface area contributed by atoms with Gasteiger partial charge in [0, 0.05) is 31.2 Å². The molecule has 2 aromatic carbocycles. The number of rotatable bonds is 6. The van der Waals surface area contributed by atoms with Crippen LogP contribution in [0, 0.1) is 5.41 Å². The number of aromatic nitrogens is 2. The van der Waals surface area contributed by atoms with E-state index >= 15 is 0 Å². The Morgan fingerprint density at radius 2 is 1.80 bits per heavy atom. The van der Waals surface area contributed by atoms with Gasteiger partial charge in [0.1, 0.15) is 34.5 Å². The van der Waals surface area contributed by atoms with Crippen molar-refractivity contribution in [1.82, 2.24) is 9.97 Å². The second-order valence-electron chi connectivity index (χ2n) is 7.33. The number of anilines is 1. The molecule has 0 bridgehead atoms. The van der Waals surface area contributed by atoms with E-state index in [1.54, 1.807) is 44.2 Å². The highest BCUT2D eigenvalue weighted by Crippen LogP contribution is 2.45. The van der Waals surface area contributed by atoms with E-state index in [0.717, 1.165) is 11.0 Å². The molecule has 30 heavy (non-hydrogen) atoms. The minimum atomic E-state index is -1.04. The average Bonchev–Trinajstić information content (AvgIpc) is 3.24. The predicted octanol–water partition coefficient (Wildman–Crippen LogP) is 3.49. The number of amidine groups is 1. The van der Waals surface area contributed by atoms with Gasteiger partial charge in [-0.25, -0.2) is 4.98 Å². The Hall–Kier alpha value is -3.52. The van der Waals surface area contributed by atoms with Crippen LogP contribution in [0.4, 0.5) is 5.69 Å². The lowest BCUT2D eigenvalue weighted by Crippen LogP contribution is -2.47. The average molecular weight is 408 g/mol. The molecule has 1 aromatic heterocycles. The Morgan fingerprint density at radius 3 is 2.40 bits per heavy atom. The van der Waals surface area contributed by atoms with Crippen molar-refractivity contribution in [3.8, 4) is 11.5 Å². The van der Waals surface area contributed by atoms with Gasteiger partial charge in [0.05, 0.1) is 36.5 Å². The van der Waals surface area contributed by atoms with Gasteiger partial charge in [0.15, 0.2) is 0 Å². The highest BCUT2D eigenvalue weighted by Gasteiger charge is 2.48. The Balaban J connectivity index is 1.88. The molecule has 4 N–H and O–H groups in total. The minimum Gasteiger partial charge on any atom is -0.509 e. The molecular weight excluding hydrogens is 384 g/mol. The molecule has 8 heteroatoms. The largest absolute Gasteiger partial charge is 0.509 e. The lowest BCUT2D eigenvalue weighted by atomic mass is 9.94. The smallest absolute Gasteiger partial charge is 0.145 e. The van der Waals surface area contributed by atoms with Gasteiger partial charge in [-0.05, 0) is 19.1 Å². The van der Waals surface area contributed by atoms with Gasteiger partial charge < -0.3 is 29.6 Å². The van der Waals surface area contributed by atoms with Crippen LogP contribution in [0.1, 0.15) is 19.2 Å². The fraction of sp³-hybridized carbons (Fsp3) is 0.273. The number of methoxy groups -OCH3 is 2. The van der Waals surface area contributed by atoms with E-state index in [2.05, 4.69) is 9.97 Å². The molecule has 0 radical (unpaired) electrons. The van der Waals surface area contributed by atoms with E-state index in [1.165, 1.54) is 0 Å². The number of nitrogens with zero attached hydrogens (tertiary/aromatic N) is 2. The third-order valence-corrected chi connectivity index (χ3v) is 5.52. The first-order valence-corrected chi connectivity index (χ1v) is 9.55. The van der Waals surface area contributed by atoms with Crippen LogP contribution in [0.3, 0.4) is 0 Å². The number of hydrogen-bond donors (Lipinski definition) is 4. The van der Waals surface area contributed by atoms with Crippen LogP contribution in [0.15, 0.2) is 48.2 Å². The fourth-order valence-corrected chi connectivity index (χ4v) is 3.92. The summed E-state index contributed by atoms with van der Waals surface area (Å²) in [6.07, 6.45) is 0.213. The number of aliphatic hydroxyl groups is 2. The van der Waals surface area contributed by atoms with Crippen molar-refractivity contribution in [2.24, 2.45) is 0 Å². The van der Waals surface area contributed by atoms with Gasteiger partial charge in [-0.1, -0.05) is 12.1 Å². The van der Waals surface area contributed by atoms with E-state index in [4.69, 9.17) is 14.9 Å². The molecule has 8 nitrogen and oxygen atoms in total. The summed E-state index contributed by atoms with van der Waals surface area (Å²) in [5.41, 5.74) is 1.41. The topological polar surface area (TPSA) is 115 Å². The molecule has 1 unspecified atom stereocenters. The summed E-state index contributed by atoms with van der Waals surface area (Å²) >= 11 is 0. The number of ether oxygens (including phenoxy) is 2. The molecule has 156 valence electrons. The van der Waals surface area contributed by atoms with Gasteiger partial charge in [0.2, 0.25) is 0 Å². The van der Waals surface area contributed by atoms with Crippen LogP contribution < -0.4 is 14.4 Å².